The lowest BCUT2D eigenvalue weighted by molar-refractivity contribution is -0.127. The molecule has 2 atom stereocenters. The average molecular weight is 406 g/mol. The monoisotopic (exact) mass is 404 g/mol. The van der Waals surface area contributed by atoms with Gasteiger partial charge in [0.2, 0.25) is 5.91 Å². The van der Waals surface area contributed by atoms with Crippen molar-refractivity contribution >= 4 is 34.2 Å². The minimum Gasteiger partial charge on any atom is -0.486 e. The molecule has 5 nitrogen and oxygen atoms in total. The SMILES string of the molecule is CC(NC(=O)C(C)C1CNC1)c1cc2c(cc1Br)OCCO2.Cl. The highest BCUT2D eigenvalue weighted by molar-refractivity contribution is 9.10. The van der Waals surface area contributed by atoms with Crippen LogP contribution in [0.3, 0.4) is 0 Å². The number of amides is 1. The normalized spacial score (nSPS) is 19.1. The largest absolute Gasteiger partial charge is 0.486 e. The van der Waals surface area contributed by atoms with Crippen LogP contribution in [-0.4, -0.2) is 32.2 Å². The fraction of sp³-hybridized carbons (Fsp3) is 0.562. The van der Waals surface area contributed by atoms with Crippen molar-refractivity contribution in [2.24, 2.45) is 11.8 Å². The van der Waals surface area contributed by atoms with E-state index < -0.39 is 0 Å². The van der Waals surface area contributed by atoms with Crippen molar-refractivity contribution in [3.05, 3.63) is 22.2 Å². The summed E-state index contributed by atoms with van der Waals surface area (Å²) in [7, 11) is 0. The van der Waals surface area contributed by atoms with Crippen LogP contribution < -0.4 is 20.1 Å². The second-order valence-electron chi connectivity index (χ2n) is 5.95. The van der Waals surface area contributed by atoms with Gasteiger partial charge in [0.15, 0.2) is 11.5 Å². The van der Waals surface area contributed by atoms with Gasteiger partial charge in [0.1, 0.15) is 13.2 Å². The molecule has 0 aromatic heterocycles. The topological polar surface area (TPSA) is 59.6 Å². The van der Waals surface area contributed by atoms with E-state index in [4.69, 9.17) is 9.47 Å². The summed E-state index contributed by atoms with van der Waals surface area (Å²) in [5, 5.41) is 6.31. The zero-order valence-electron chi connectivity index (χ0n) is 13.2. The number of carbonyl (C=O) groups excluding carboxylic acids is 1. The van der Waals surface area contributed by atoms with Crippen LogP contribution in [0.15, 0.2) is 16.6 Å². The van der Waals surface area contributed by atoms with E-state index in [1.54, 1.807) is 0 Å². The number of fused-ring (bicyclic) bond motifs is 1. The van der Waals surface area contributed by atoms with Crippen LogP contribution in [0.5, 0.6) is 11.5 Å². The predicted molar refractivity (Wildman–Crippen MR) is 94.5 cm³/mol. The maximum atomic E-state index is 12.4. The summed E-state index contributed by atoms with van der Waals surface area (Å²) in [5.74, 6) is 2.05. The third kappa shape index (κ3) is 3.92. The number of hydrogen-bond donors (Lipinski definition) is 2. The highest BCUT2D eigenvalue weighted by Crippen LogP contribution is 2.37. The first-order valence-electron chi connectivity index (χ1n) is 7.66. The molecular weight excluding hydrogens is 384 g/mol. The van der Waals surface area contributed by atoms with Crippen LogP contribution >= 0.6 is 28.3 Å². The first kappa shape index (κ1) is 18.4. The third-order valence-electron chi connectivity index (χ3n) is 4.42. The van der Waals surface area contributed by atoms with Crippen molar-refractivity contribution in [3.63, 3.8) is 0 Å². The van der Waals surface area contributed by atoms with Gasteiger partial charge in [0, 0.05) is 10.4 Å². The van der Waals surface area contributed by atoms with Crippen molar-refractivity contribution in [2.45, 2.75) is 19.9 Å². The highest BCUT2D eigenvalue weighted by atomic mass is 79.9. The van der Waals surface area contributed by atoms with E-state index in [0.29, 0.717) is 19.1 Å². The van der Waals surface area contributed by atoms with E-state index >= 15 is 0 Å². The van der Waals surface area contributed by atoms with Crippen LogP contribution in [0.1, 0.15) is 25.5 Å². The van der Waals surface area contributed by atoms with E-state index in [1.165, 1.54) is 0 Å². The summed E-state index contributed by atoms with van der Waals surface area (Å²) < 4.78 is 12.1. The number of carbonyl (C=O) groups is 1. The lowest BCUT2D eigenvalue weighted by Crippen LogP contribution is -2.49. The molecule has 2 aliphatic heterocycles. The number of benzene rings is 1. The molecule has 1 aromatic carbocycles. The van der Waals surface area contributed by atoms with Gasteiger partial charge in [0.25, 0.3) is 0 Å². The van der Waals surface area contributed by atoms with E-state index in [-0.39, 0.29) is 30.3 Å². The van der Waals surface area contributed by atoms with Gasteiger partial charge in [-0.2, -0.15) is 0 Å². The maximum Gasteiger partial charge on any atom is 0.223 e. The van der Waals surface area contributed by atoms with Crippen LogP contribution in [0.2, 0.25) is 0 Å². The quantitative estimate of drug-likeness (QED) is 0.808. The van der Waals surface area contributed by atoms with E-state index in [0.717, 1.165) is 34.6 Å². The molecule has 128 valence electrons. The molecular formula is C16H22BrClN2O3. The Morgan fingerprint density at radius 3 is 2.43 bits per heavy atom. The van der Waals surface area contributed by atoms with Gasteiger partial charge in [-0.25, -0.2) is 0 Å². The van der Waals surface area contributed by atoms with Gasteiger partial charge >= 0.3 is 0 Å². The Kier molecular flexibility index (Phi) is 6.17. The van der Waals surface area contributed by atoms with E-state index in [9.17, 15) is 4.79 Å². The molecule has 0 bridgehead atoms. The molecule has 1 saturated heterocycles. The Balaban J connectivity index is 0.00000192. The fourth-order valence-corrected chi connectivity index (χ4v) is 3.38. The summed E-state index contributed by atoms with van der Waals surface area (Å²) in [6, 6.07) is 3.76. The number of nitrogens with one attached hydrogen (secondary N) is 2. The Morgan fingerprint density at radius 2 is 1.87 bits per heavy atom. The number of ether oxygens (including phenoxy) is 2. The number of hydrogen-bond acceptors (Lipinski definition) is 4. The molecule has 23 heavy (non-hydrogen) atoms. The smallest absolute Gasteiger partial charge is 0.223 e. The van der Waals surface area contributed by atoms with Gasteiger partial charge in [-0.05, 0) is 43.6 Å². The molecule has 0 spiro atoms. The summed E-state index contributed by atoms with van der Waals surface area (Å²) in [5.41, 5.74) is 0.997. The first-order chi connectivity index (χ1) is 10.6. The van der Waals surface area contributed by atoms with E-state index in [1.807, 2.05) is 26.0 Å². The number of rotatable bonds is 4. The summed E-state index contributed by atoms with van der Waals surface area (Å²) in [6.45, 7) is 6.96. The second kappa shape index (κ2) is 7.73. The number of halogens is 2. The third-order valence-corrected chi connectivity index (χ3v) is 5.11. The van der Waals surface area contributed by atoms with E-state index in [2.05, 4.69) is 26.6 Å². The van der Waals surface area contributed by atoms with Crippen molar-refractivity contribution < 1.29 is 14.3 Å². The molecule has 0 saturated carbocycles. The zero-order chi connectivity index (χ0) is 15.7. The molecule has 1 fully saturated rings. The molecule has 2 heterocycles. The summed E-state index contributed by atoms with van der Waals surface area (Å²) in [6.07, 6.45) is 0. The van der Waals surface area contributed by atoms with Crippen molar-refractivity contribution in [3.8, 4) is 11.5 Å². The predicted octanol–water partition coefficient (Wildman–Crippen LogP) is 2.67. The van der Waals surface area contributed by atoms with Crippen molar-refractivity contribution in [1.29, 1.82) is 0 Å². The molecule has 2 aliphatic rings. The van der Waals surface area contributed by atoms with Gasteiger partial charge in [-0.1, -0.05) is 22.9 Å². The molecule has 1 amide bonds. The zero-order valence-corrected chi connectivity index (χ0v) is 15.6. The second-order valence-corrected chi connectivity index (χ2v) is 6.81. The van der Waals surface area contributed by atoms with Crippen LogP contribution in [0.25, 0.3) is 0 Å². The van der Waals surface area contributed by atoms with Crippen LogP contribution in [-0.2, 0) is 4.79 Å². The van der Waals surface area contributed by atoms with Crippen molar-refractivity contribution in [1.82, 2.24) is 10.6 Å². The van der Waals surface area contributed by atoms with Crippen LogP contribution in [0.4, 0.5) is 0 Å². The lowest BCUT2D eigenvalue weighted by Gasteiger charge is -2.32. The van der Waals surface area contributed by atoms with Crippen LogP contribution in [0, 0.1) is 11.8 Å². The molecule has 3 rings (SSSR count). The minimum absolute atomic E-state index is 0. The Hall–Kier alpha value is -0.980. The molecule has 7 heteroatoms. The van der Waals surface area contributed by atoms with Gasteiger partial charge in [-0.3, -0.25) is 4.79 Å². The molecule has 2 unspecified atom stereocenters. The van der Waals surface area contributed by atoms with Crippen molar-refractivity contribution in [2.75, 3.05) is 26.3 Å². The van der Waals surface area contributed by atoms with Gasteiger partial charge in [-0.15, -0.1) is 12.4 Å². The maximum absolute atomic E-state index is 12.4. The molecule has 2 N–H and O–H groups in total. The standard InChI is InChI=1S/C16H21BrN2O3.ClH/c1-9(11-7-18-8-11)16(20)19-10(2)12-5-14-15(6-13(12)17)22-4-3-21-14;/h5-6,9-11,18H,3-4,7-8H2,1-2H3,(H,19,20);1H. The average Bonchev–Trinajstić information content (AvgIpc) is 2.44. The lowest BCUT2D eigenvalue weighted by atomic mass is 9.88. The minimum atomic E-state index is -0.0896. The summed E-state index contributed by atoms with van der Waals surface area (Å²) >= 11 is 3.56. The highest BCUT2D eigenvalue weighted by Gasteiger charge is 2.29. The Morgan fingerprint density at radius 1 is 1.26 bits per heavy atom. The Labute approximate surface area is 151 Å². The summed E-state index contributed by atoms with van der Waals surface area (Å²) in [4.78, 5) is 12.4. The first-order valence-corrected chi connectivity index (χ1v) is 8.45. The Bertz CT molecular complexity index is 581. The molecule has 1 aromatic rings. The van der Waals surface area contributed by atoms with Gasteiger partial charge < -0.3 is 20.1 Å². The fourth-order valence-electron chi connectivity index (χ4n) is 2.71. The molecule has 0 aliphatic carbocycles. The molecule has 0 radical (unpaired) electrons. The van der Waals surface area contributed by atoms with Gasteiger partial charge in [0.05, 0.1) is 6.04 Å².